The van der Waals surface area contributed by atoms with E-state index in [4.69, 9.17) is 22.3 Å². The van der Waals surface area contributed by atoms with Crippen LogP contribution < -0.4 is 5.73 Å². The maximum absolute atomic E-state index is 13.9. The molecule has 1 aromatic heterocycles. The van der Waals surface area contributed by atoms with Crippen molar-refractivity contribution >= 4 is 28.5 Å². The van der Waals surface area contributed by atoms with Gasteiger partial charge < -0.3 is 15.2 Å². The molecular formula is C29H33ClN4O. The highest BCUT2D eigenvalue weighted by Gasteiger charge is 2.33. The maximum atomic E-state index is 13.9. The fourth-order valence-corrected chi connectivity index (χ4v) is 4.79. The lowest BCUT2D eigenvalue weighted by Crippen LogP contribution is -2.40. The van der Waals surface area contributed by atoms with Crippen molar-refractivity contribution in [2.24, 2.45) is 11.7 Å². The highest BCUT2D eigenvalue weighted by Crippen LogP contribution is 2.34. The topological polar surface area (TPSA) is 64.2 Å². The average molecular weight is 489 g/mol. The second-order valence-corrected chi connectivity index (χ2v) is 9.75. The maximum Gasteiger partial charge on any atom is 0.254 e. The van der Waals surface area contributed by atoms with Crippen LogP contribution in [0.15, 0.2) is 72.8 Å². The number of carbonyl (C=O) groups is 1. The number of halogens is 1. The fourth-order valence-electron chi connectivity index (χ4n) is 4.58. The first-order chi connectivity index (χ1) is 16.9. The summed E-state index contributed by atoms with van der Waals surface area (Å²) in [6, 6.07) is 23.7. The number of rotatable bonds is 9. The predicted molar refractivity (Wildman–Crippen MR) is 144 cm³/mol. The summed E-state index contributed by atoms with van der Waals surface area (Å²) >= 11 is 6.59. The first-order valence-electron chi connectivity index (χ1n) is 12.2. The van der Waals surface area contributed by atoms with Crippen LogP contribution in [0.3, 0.4) is 0 Å². The number of nitrogens with zero attached hydrogens (tertiary/aromatic N) is 3. The number of fused-ring (bicyclic) bond motifs is 1. The van der Waals surface area contributed by atoms with E-state index in [1.54, 1.807) is 0 Å². The van der Waals surface area contributed by atoms with Crippen LogP contribution in [0.5, 0.6) is 0 Å². The van der Waals surface area contributed by atoms with Crippen molar-refractivity contribution in [2.75, 3.05) is 13.1 Å². The molecule has 4 aromatic rings. The largest absolute Gasteiger partial charge is 0.330 e. The third-order valence-corrected chi connectivity index (χ3v) is 6.64. The summed E-state index contributed by atoms with van der Waals surface area (Å²) in [7, 11) is 0. The summed E-state index contributed by atoms with van der Waals surface area (Å²) in [5.41, 5.74) is 10.6. The zero-order valence-electron chi connectivity index (χ0n) is 20.6. The van der Waals surface area contributed by atoms with Crippen molar-refractivity contribution < 1.29 is 4.79 Å². The van der Waals surface area contributed by atoms with Crippen molar-refractivity contribution in [1.82, 2.24) is 14.5 Å². The SMILES string of the molecule is Cc1ccc(C(=O)N(CCCN)[C@@H](c2nc3c(Cl)cccc3n2Cc2ccccc2)C(C)C)cc1. The molecule has 0 fully saturated rings. The summed E-state index contributed by atoms with van der Waals surface area (Å²) in [6.45, 7) is 7.99. The lowest BCUT2D eigenvalue weighted by atomic mass is 9.99. The van der Waals surface area contributed by atoms with E-state index < -0.39 is 0 Å². The Labute approximate surface area is 212 Å². The number of aryl methyl sites for hydroxylation is 1. The minimum atomic E-state index is -0.248. The Morgan fingerprint density at radius 1 is 1.03 bits per heavy atom. The van der Waals surface area contributed by atoms with E-state index in [0.29, 0.717) is 36.6 Å². The quantitative estimate of drug-likeness (QED) is 0.303. The van der Waals surface area contributed by atoms with Gasteiger partial charge in [0.25, 0.3) is 5.91 Å². The van der Waals surface area contributed by atoms with E-state index >= 15 is 0 Å². The molecule has 0 saturated heterocycles. The first-order valence-corrected chi connectivity index (χ1v) is 12.5. The number of hydrogen-bond acceptors (Lipinski definition) is 3. The number of imidazole rings is 1. The van der Waals surface area contributed by atoms with Gasteiger partial charge in [-0.25, -0.2) is 4.98 Å². The van der Waals surface area contributed by atoms with Crippen LogP contribution in [0, 0.1) is 12.8 Å². The Morgan fingerprint density at radius 3 is 2.40 bits per heavy atom. The molecule has 1 atom stereocenters. The Bertz CT molecular complexity index is 1280. The van der Waals surface area contributed by atoms with E-state index in [0.717, 1.165) is 28.0 Å². The van der Waals surface area contributed by atoms with Gasteiger partial charge >= 0.3 is 0 Å². The van der Waals surface area contributed by atoms with Gasteiger partial charge in [0, 0.05) is 18.7 Å². The second kappa shape index (κ2) is 11.1. The molecule has 0 radical (unpaired) electrons. The summed E-state index contributed by atoms with van der Waals surface area (Å²) in [4.78, 5) is 20.9. The van der Waals surface area contributed by atoms with E-state index in [1.807, 2.05) is 72.5 Å². The number of amides is 1. The van der Waals surface area contributed by atoms with Crippen LogP contribution in [-0.4, -0.2) is 33.4 Å². The Morgan fingerprint density at radius 2 is 1.74 bits per heavy atom. The zero-order chi connectivity index (χ0) is 24.9. The molecule has 1 heterocycles. The molecule has 0 aliphatic carbocycles. The number of nitrogens with two attached hydrogens (primary N) is 1. The highest BCUT2D eigenvalue weighted by atomic mass is 35.5. The zero-order valence-corrected chi connectivity index (χ0v) is 21.4. The monoisotopic (exact) mass is 488 g/mol. The number of aromatic nitrogens is 2. The number of para-hydroxylation sites is 1. The molecule has 182 valence electrons. The van der Waals surface area contributed by atoms with Crippen molar-refractivity contribution in [3.05, 3.63) is 100 Å². The van der Waals surface area contributed by atoms with E-state index in [9.17, 15) is 4.79 Å². The molecule has 0 unspecified atom stereocenters. The van der Waals surface area contributed by atoms with Gasteiger partial charge in [-0.1, -0.05) is 79.5 Å². The van der Waals surface area contributed by atoms with E-state index in [-0.39, 0.29) is 17.9 Å². The summed E-state index contributed by atoms with van der Waals surface area (Å²) < 4.78 is 2.21. The average Bonchev–Trinajstić information content (AvgIpc) is 3.21. The van der Waals surface area contributed by atoms with Gasteiger partial charge in [0.2, 0.25) is 0 Å². The van der Waals surface area contributed by atoms with E-state index in [2.05, 4.69) is 30.5 Å². The number of carbonyl (C=O) groups excluding carboxylic acids is 1. The molecule has 2 N–H and O–H groups in total. The third kappa shape index (κ3) is 5.42. The van der Waals surface area contributed by atoms with Crippen molar-refractivity contribution in [2.45, 2.75) is 39.8 Å². The van der Waals surface area contributed by atoms with Gasteiger partial charge in [0.1, 0.15) is 11.3 Å². The van der Waals surface area contributed by atoms with Crippen LogP contribution >= 0.6 is 11.6 Å². The molecule has 0 bridgehead atoms. The molecule has 0 aliphatic rings. The molecule has 0 spiro atoms. The van der Waals surface area contributed by atoms with Gasteiger partial charge in [-0.3, -0.25) is 4.79 Å². The molecule has 3 aromatic carbocycles. The minimum Gasteiger partial charge on any atom is -0.330 e. The van der Waals surface area contributed by atoms with Crippen LogP contribution in [-0.2, 0) is 6.54 Å². The highest BCUT2D eigenvalue weighted by molar-refractivity contribution is 6.34. The molecule has 1 amide bonds. The molecular weight excluding hydrogens is 456 g/mol. The molecule has 0 saturated carbocycles. The lowest BCUT2D eigenvalue weighted by Gasteiger charge is -2.34. The Kier molecular flexibility index (Phi) is 7.89. The van der Waals surface area contributed by atoms with Crippen molar-refractivity contribution in [3.8, 4) is 0 Å². The van der Waals surface area contributed by atoms with Crippen LogP contribution in [0.2, 0.25) is 5.02 Å². The van der Waals surface area contributed by atoms with E-state index in [1.165, 1.54) is 0 Å². The summed E-state index contributed by atoms with van der Waals surface area (Å²) in [5.74, 6) is 0.943. The van der Waals surface area contributed by atoms with Gasteiger partial charge in [-0.2, -0.15) is 0 Å². The van der Waals surface area contributed by atoms with Crippen molar-refractivity contribution in [1.29, 1.82) is 0 Å². The van der Waals surface area contributed by atoms with Gasteiger partial charge in [-0.05, 0) is 55.6 Å². The normalized spacial score (nSPS) is 12.3. The molecule has 35 heavy (non-hydrogen) atoms. The second-order valence-electron chi connectivity index (χ2n) is 9.34. The Hall–Kier alpha value is -3.15. The number of benzene rings is 3. The molecule has 6 heteroatoms. The molecule has 0 aliphatic heterocycles. The van der Waals surface area contributed by atoms with Crippen LogP contribution in [0.4, 0.5) is 0 Å². The smallest absolute Gasteiger partial charge is 0.254 e. The van der Waals surface area contributed by atoms with Gasteiger partial charge in [-0.15, -0.1) is 0 Å². The predicted octanol–water partition coefficient (Wildman–Crippen LogP) is 6.23. The van der Waals surface area contributed by atoms with Crippen LogP contribution in [0.1, 0.15) is 53.6 Å². The minimum absolute atomic E-state index is 0.0124. The molecule has 4 rings (SSSR count). The number of hydrogen-bond donors (Lipinski definition) is 1. The lowest BCUT2D eigenvalue weighted by molar-refractivity contribution is 0.0605. The summed E-state index contributed by atoms with van der Waals surface area (Å²) in [5, 5.41) is 0.608. The van der Waals surface area contributed by atoms with Crippen molar-refractivity contribution in [3.63, 3.8) is 0 Å². The van der Waals surface area contributed by atoms with Crippen LogP contribution in [0.25, 0.3) is 11.0 Å². The van der Waals surface area contributed by atoms with Gasteiger partial charge in [0.15, 0.2) is 0 Å². The fraction of sp³-hybridized carbons (Fsp3) is 0.310. The first kappa shape index (κ1) is 25.0. The summed E-state index contributed by atoms with van der Waals surface area (Å²) in [6.07, 6.45) is 0.709. The standard InChI is InChI=1S/C29H33ClN4O/c1-20(2)27(33(18-8-17-31)29(35)23-15-13-21(3)14-16-23)28-32-26-24(30)11-7-12-25(26)34(28)19-22-9-5-4-6-10-22/h4-7,9-16,20,27H,8,17-19,31H2,1-3H3/t27-/m1/s1. The third-order valence-electron chi connectivity index (χ3n) is 6.34. The Balaban J connectivity index is 1.87. The van der Waals surface area contributed by atoms with Gasteiger partial charge in [0.05, 0.1) is 16.6 Å². The molecule has 5 nitrogen and oxygen atoms in total.